The van der Waals surface area contributed by atoms with Crippen molar-refractivity contribution in [3.63, 3.8) is 0 Å². The minimum Gasteiger partial charge on any atom is -0.460 e. The van der Waals surface area contributed by atoms with Gasteiger partial charge in [-0.05, 0) is 26.0 Å². The van der Waals surface area contributed by atoms with Gasteiger partial charge in [-0.2, -0.15) is 0 Å². The Hall–Kier alpha value is -1.25. The van der Waals surface area contributed by atoms with Crippen LogP contribution in [0.1, 0.15) is 24.2 Å². The highest BCUT2D eigenvalue weighted by atomic mass is 35.7. The van der Waals surface area contributed by atoms with Crippen LogP contribution in [-0.2, 0) is 18.5 Å². The molecule has 0 bridgehead atoms. The van der Waals surface area contributed by atoms with E-state index in [1.165, 1.54) is 0 Å². The van der Waals surface area contributed by atoms with E-state index < -0.39 is 37.1 Å². The lowest BCUT2D eigenvalue weighted by Gasteiger charge is -2.09. The third-order valence-corrected chi connectivity index (χ3v) is 3.60. The molecular formula is C12H13ClF2O5S. The fraction of sp³-hybridized carbons (Fsp3) is 0.417. The first-order valence-electron chi connectivity index (χ1n) is 5.85. The third kappa shape index (κ3) is 5.22. The van der Waals surface area contributed by atoms with Crippen LogP contribution in [0.15, 0.2) is 17.0 Å². The minimum absolute atomic E-state index is 0.0704. The molecule has 5 nitrogen and oxygen atoms in total. The highest BCUT2D eigenvalue weighted by molar-refractivity contribution is 8.13. The summed E-state index contributed by atoms with van der Waals surface area (Å²) < 4.78 is 58.8. The van der Waals surface area contributed by atoms with Gasteiger partial charge in [0.1, 0.15) is 6.61 Å². The van der Waals surface area contributed by atoms with Crippen LogP contribution < -0.4 is 0 Å². The molecule has 0 aliphatic heterocycles. The first kappa shape index (κ1) is 17.8. The molecule has 1 aromatic carbocycles. The fourth-order valence-electron chi connectivity index (χ4n) is 1.35. The smallest absolute Gasteiger partial charge is 0.341 e. The minimum atomic E-state index is -4.30. The molecule has 0 saturated heterocycles. The van der Waals surface area contributed by atoms with Gasteiger partial charge in [0.15, 0.2) is 11.6 Å². The lowest BCUT2D eigenvalue weighted by molar-refractivity contribution is 0.0172. The second kappa shape index (κ2) is 7.15. The molecule has 0 N–H and O–H groups in total. The molecule has 0 saturated carbocycles. The van der Waals surface area contributed by atoms with E-state index in [4.69, 9.17) is 15.4 Å². The van der Waals surface area contributed by atoms with Crippen molar-refractivity contribution in [1.82, 2.24) is 0 Å². The van der Waals surface area contributed by atoms with Gasteiger partial charge in [-0.3, -0.25) is 0 Å². The van der Waals surface area contributed by atoms with Crippen molar-refractivity contribution < 1.29 is 31.5 Å². The molecule has 0 aliphatic rings. The maximum Gasteiger partial charge on any atom is 0.341 e. The molecule has 0 heterocycles. The molecule has 0 unspecified atom stereocenters. The summed E-state index contributed by atoms with van der Waals surface area (Å²) in [6.45, 7) is 3.42. The van der Waals surface area contributed by atoms with E-state index >= 15 is 0 Å². The number of ether oxygens (including phenoxy) is 2. The summed E-state index contributed by atoms with van der Waals surface area (Å²) in [5, 5.41) is 0. The number of esters is 1. The topological polar surface area (TPSA) is 69.7 Å². The zero-order valence-corrected chi connectivity index (χ0v) is 12.8. The van der Waals surface area contributed by atoms with E-state index in [1.807, 2.05) is 0 Å². The number of hydrogen-bond donors (Lipinski definition) is 0. The van der Waals surface area contributed by atoms with Gasteiger partial charge in [0.05, 0.1) is 23.2 Å². The number of carbonyl (C=O) groups excluding carboxylic acids is 1. The van der Waals surface area contributed by atoms with Crippen LogP contribution in [0.3, 0.4) is 0 Å². The van der Waals surface area contributed by atoms with Crippen molar-refractivity contribution in [2.24, 2.45) is 0 Å². The number of carbonyl (C=O) groups is 1. The average Bonchev–Trinajstić information content (AvgIpc) is 2.35. The Morgan fingerprint density at radius 3 is 2.43 bits per heavy atom. The number of rotatable bonds is 6. The van der Waals surface area contributed by atoms with Crippen molar-refractivity contribution in [2.45, 2.75) is 24.8 Å². The molecule has 0 amide bonds. The van der Waals surface area contributed by atoms with Crippen LogP contribution in [0, 0.1) is 11.6 Å². The van der Waals surface area contributed by atoms with Gasteiger partial charge in [0.25, 0.3) is 9.05 Å². The van der Waals surface area contributed by atoms with Crippen LogP contribution in [0.5, 0.6) is 0 Å². The predicted molar refractivity (Wildman–Crippen MR) is 70.8 cm³/mol. The van der Waals surface area contributed by atoms with Gasteiger partial charge in [-0.25, -0.2) is 22.0 Å². The number of benzene rings is 1. The zero-order valence-electron chi connectivity index (χ0n) is 11.2. The van der Waals surface area contributed by atoms with Gasteiger partial charge in [0.2, 0.25) is 0 Å². The van der Waals surface area contributed by atoms with Gasteiger partial charge in [-0.1, -0.05) is 0 Å². The number of hydrogen-bond acceptors (Lipinski definition) is 5. The second-order valence-electron chi connectivity index (χ2n) is 4.26. The Balaban J connectivity index is 2.91. The van der Waals surface area contributed by atoms with Crippen molar-refractivity contribution in [3.8, 4) is 0 Å². The second-order valence-corrected chi connectivity index (χ2v) is 6.83. The van der Waals surface area contributed by atoms with Crippen LogP contribution in [-0.4, -0.2) is 33.7 Å². The first-order valence-corrected chi connectivity index (χ1v) is 8.16. The van der Waals surface area contributed by atoms with Gasteiger partial charge < -0.3 is 9.47 Å². The molecule has 118 valence electrons. The van der Waals surface area contributed by atoms with Crippen molar-refractivity contribution in [3.05, 3.63) is 29.3 Å². The molecule has 0 radical (unpaired) electrons. The third-order valence-electron chi connectivity index (χ3n) is 2.27. The van der Waals surface area contributed by atoms with E-state index in [9.17, 15) is 22.0 Å². The lowest BCUT2D eigenvalue weighted by Crippen LogP contribution is -2.15. The van der Waals surface area contributed by atoms with Crippen LogP contribution in [0.2, 0.25) is 0 Å². The fourth-order valence-corrected chi connectivity index (χ4v) is 2.12. The maximum atomic E-state index is 13.5. The van der Waals surface area contributed by atoms with Gasteiger partial charge in [0, 0.05) is 10.7 Å². The summed E-state index contributed by atoms with van der Waals surface area (Å²) in [6, 6.07) is 1.00. The predicted octanol–water partition coefficient (Wildman–Crippen LogP) is 2.47. The highest BCUT2D eigenvalue weighted by Gasteiger charge is 2.22. The molecule has 1 aromatic rings. The summed E-state index contributed by atoms with van der Waals surface area (Å²) in [5.74, 6) is -4.23. The number of halogens is 3. The summed E-state index contributed by atoms with van der Waals surface area (Å²) in [7, 11) is 0.731. The summed E-state index contributed by atoms with van der Waals surface area (Å²) >= 11 is 0. The maximum absolute atomic E-state index is 13.5. The highest BCUT2D eigenvalue weighted by Crippen LogP contribution is 2.22. The van der Waals surface area contributed by atoms with E-state index in [2.05, 4.69) is 4.74 Å². The molecule has 0 aromatic heterocycles. The monoisotopic (exact) mass is 342 g/mol. The average molecular weight is 343 g/mol. The van der Waals surface area contributed by atoms with Crippen LogP contribution in [0.4, 0.5) is 8.78 Å². The lowest BCUT2D eigenvalue weighted by atomic mass is 10.2. The van der Waals surface area contributed by atoms with Crippen molar-refractivity contribution in [2.75, 3.05) is 13.2 Å². The Kier molecular flexibility index (Phi) is 6.06. The quantitative estimate of drug-likeness (QED) is 0.451. The molecule has 0 aliphatic carbocycles. The largest absolute Gasteiger partial charge is 0.460 e. The normalized spacial score (nSPS) is 11.7. The Bertz CT molecular complexity index is 631. The summed E-state index contributed by atoms with van der Waals surface area (Å²) in [6.07, 6.45) is -0.0809. The van der Waals surface area contributed by atoms with Crippen LogP contribution >= 0.6 is 10.7 Å². The standard InChI is InChI=1S/C12H13ClF2O5S/c1-7(2)19-3-4-20-12(16)9-5-8(21(13,17)18)6-10(14)11(9)15/h5-7H,3-4H2,1-2H3. The Labute approximate surface area is 125 Å². The summed E-state index contributed by atoms with van der Waals surface area (Å²) in [5.41, 5.74) is -0.848. The molecule has 9 heteroatoms. The van der Waals surface area contributed by atoms with Crippen molar-refractivity contribution in [1.29, 1.82) is 0 Å². The molecule has 21 heavy (non-hydrogen) atoms. The van der Waals surface area contributed by atoms with Crippen LogP contribution in [0.25, 0.3) is 0 Å². The molecular weight excluding hydrogens is 330 g/mol. The molecule has 0 atom stereocenters. The van der Waals surface area contributed by atoms with E-state index in [-0.39, 0.29) is 19.3 Å². The summed E-state index contributed by atoms with van der Waals surface area (Å²) in [4.78, 5) is 10.9. The van der Waals surface area contributed by atoms with E-state index in [0.29, 0.717) is 12.1 Å². The van der Waals surface area contributed by atoms with Crippen molar-refractivity contribution >= 4 is 25.7 Å². The first-order chi connectivity index (χ1) is 9.62. The van der Waals surface area contributed by atoms with E-state index in [0.717, 1.165) is 0 Å². The van der Waals surface area contributed by atoms with Gasteiger partial charge >= 0.3 is 5.97 Å². The Morgan fingerprint density at radius 1 is 1.29 bits per heavy atom. The molecule has 1 rings (SSSR count). The Morgan fingerprint density at radius 2 is 1.90 bits per heavy atom. The zero-order chi connectivity index (χ0) is 16.2. The van der Waals surface area contributed by atoms with Gasteiger partial charge in [-0.15, -0.1) is 0 Å². The van der Waals surface area contributed by atoms with E-state index in [1.54, 1.807) is 13.8 Å². The molecule has 0 fully saturated rings. The molecule has 0 spiro atoms. The SMILES string of the molecule is CC(C)OCCOC(=O)c1cc(S(=O)(=O)Cl)cc(F)c1F.